The first kappa shape index (κ1) is 10.8. The summed E-state index contributed by atoms with van der Waals surface area (Å²) in [4.78, 5) is 0. The van der Waals surface area contributed by atoms with Crippen LogP contribution in [-0.2, 0) is 0 Å². The van der Waals surface area contributed by atoms with Crippen molar-refractivity contribution in [3.05, 3.63) is 67.7 Å². The van der Waals surface area contributed by atoms with Gasteiger partial charge in [0.2, 0.25) is 0 Å². The van der Waals surface area contributed by atoms with Gasteiger partial charge in [0.25, 0.3) is 0 Å². The highest BCUT2D eigenvalue weighted by Crippen LogP contribution is 1.77. The van der Waals surface area contributed by atoms with Crippen molar-refractivity contribution in [3.8, 4) is 0 Å². The Bertz CT molecular complexity index is 865. The average molecular weight is 230 g/mol. The molecule has 2 aromatic rings. The van der Waals surface area contributed by atoms with Crippen LogP contribution in [0.2, 0.25) is 0 Å². The number of hydrogen-bond acceptors (Lipinski definition) is 0. The standard InChI is InChI=1S/C18H14/c1-13-7-8-14(2)18-12-10-16-6-4-3-5-15(16)9-11-17(13)18/h3-12H,1-2H2. The van der Waals surface area contributed by atoms with Crippen molar-refractivity contribution in [1.29, 1.82) is 0 Å². The largest absolute Gasteiger partial charge is 0.0911 e. The molecule has 86 valence electrons. The van der Waals surface area contributed by atoms with Gasteiger partial charge in [0, 0.05) is 0 Å². The molecule has 0 aromatic heterocycles. The quantitative estimate of drug-likeness (QED) is 0.564. The Labute approximate surface area is 106 Å². The summed E-state index contributed by atoms with van der Waals surface area (Å²) in [5.41, 5.74) is 0. The summed E-state index contributed by atoms with van der Waals surface area (Å²) < 4.78 is 0. The predicted molar refractivity (Wildman–Crippen MR) is 79.5 cm³/mol. The van der Waals surface area contributed by atoms with Crippen molar-refractivity contribution in [3.63, 3.8) is 0 Å². The van der Waals surface area contributed by atoms with Crippen LogP contribution >= 0.6 is 0 Å². The molecule has 0 bridgehead atoms. The highest BCUT2D eigenvalue weighted by molar-refractivity contribution is 5.68. The van der Waals surface area contributed by atoms with Gasteiger partial charge in [-0.25, -0.2) is 0 Å². The second kappa shape index (κ2) is 4.15. The summed E-state index contributed by atoms with van der Waals surface area (Å²) in [6.45, 7) is 8.18. The molecule has 0 fully saturated rings. The van der Waals surface area contributed by atoms with Gasteiger partial charge in [-0.1, -0.05) is 73.9 Å². The Morgan fingerprint density at radius 1 is 0.556 bits per heavy atom. The summed E-state index contributed by atoms with van der Waals surface area (Å²) >= 11 is 0. The Morgan fingerprint density at radius 3 is 1.44 bits per heavy atom. The van der Waals surface area contributed by atoms with Crippen LogP contribution in [-0.4, -0.2) is 0 Å². The summed E-state index contributed by atoms with van der Waals surface area (Å²) in [5, 5.41) is 6.86. The molecule has 0 amide bonds. The molecule has 3 rings (SSSR count). The molecule has 0 radical (unpaired) electrons. The molecule has 0 spiro atoms. The van der Waals surface area contributed by atoms with Crippen LogP contribution in [0.1, 0.15) is 0 Å². The summed E-state index contributed by atoms with van der Waals surface area (Å²) in [5.74, 6) is 0. The van der Waals surface area contributed by atoms with Crippen LogP contribution in [0.15, 0.2) is 36.4 Å². The topological polar surface area (TPSA) is 0 Å². The van der Waals surface area contributed by atoms with Gasteiger partial charge < -0.3 is 0 Å². The van der Waals surface area contributed by atoms with Crippen LogP contribution in [0.5, 0.6) is 0 Å². The Balaban J connectivity index is 2.58. The monoisotopic (exact) mass is 230 g/mol. The lowest BCUT2D eigenvalue weighted by Crippen LogP contribution is -2.47. The van der Waals surface area contributed by atoms with Gasteiger partial charge in [-0.2, -0.15) is 0 Å². The van der Waals surface area contributed by atoms with E-state index in [0.29, 0.717) is 0 Å². The maximum absolute atomic E-state index is 4.09. The van der Waals surface area contributed by atoms with Gasteiger partial charge in [-0.05, 0) is 31.3 Å². The minimum absolute atomic E-state index is 1.04. The van der Waals surface area contributed by atoms with E-state index in [2.05, 4.69) is 61.7 Å². The first-order valence-electron chi connectivity index (χ1n) is 6.02. The van der Waals surface area contributed by atoms with Crippen molar-refractivity contribution in [2.24, 2.45) is 0 Å². The first-order chi connectivity index (χ1) is 8.75. The number of rotatable bonds is 0. The van der Waals surface area contributed by atoms with Gasteiger partial charge in [0.1, 0.15) is 0 Å². The van der Waals surface area contributed by atoms with E-state index in [0.717, 1.165) is 20.9 Å². The van der Waals surface area contributed by atoms with Crippen LogP contribution in [0, 0.1) is 0 Å². The van der Waals surface area contributed by atoms with Crippen molar-refractivity contribution in [2.45, 2.75) is 0 Å². The second-order valence-corrected chi connectivity index (χ2v) is 4.51. The Hall–Kier alpha value is -2.34. The number of fused-ring (bicyclic) bond motifs is 2. The van der Waals surface area contributed by atoms with E-state index in [9.17, 15) is 0 Å². The Kier molecular flexibility index (Phi) is 2.49. The molecule has 0 nitrogen and oxygen atoms in total. The maximum atomic E-state index is 4.09. The van der Waals surface area contributed by atoms with E-state index >= 15 is 0 Å². The van der Waals surface area contributed by atoms with E-state index in [1.54, 1.807) is 0 Å². The predicted octanol–water partition coefficient (Wildman–Crippen LogP) is -0.657. The van der Waals surface area contributed by atoms with Crippen LogP contribution in [0.25, 0.3) is 37.5 Å². The minimum atomic E-state index is 1.04. The molecule has 18 heavy (non-hydrogen) atoms. The van der Waals surface area contributed by atoms with Gasteiger partial charge in [-0.3, -0.25) is 0 Å². The third kappa shape index (κ3) is 1.72. The van der Waals surface area contributed by atoms with Crippen LogP contribution in [0.3, 0.4) is 0 Å². The van der Waals surface area contributed by atoms with E-state index in [-0.39, 0.29) is 0 Å². The maximum Gasteiger partial charge on any atom is -0.0111 e. The lowest BCUT2D eigenvalue weighted by Gasteiger charge is -1.96. The molecule has 0 N–H and O–H groups in total. The molecule has 0 saturated heterocycles. The smallest absolute Gasteiger partial charge is 0.0111 e. The molecule has 0 heterocycles. The van der Waals surface area contributed by atoms with Crippen molar-refractivity contribution < 1.29 is 0 Å². The molecule has 0 heteroatoms. The first-order valence-corrected chi connectivity index (χ1v) is 6.02. The lowest BCUT2D eigenvalue weighted by molar-refractivity contribution is 1.41. The fourth-order valence-corrected chi connectivity index (χ4v) is 2.28. The molecule has 1 aliphatic carbocycles. The van der Waals surface area contributed by atoms with Gasteiger partial charge in [0.15, 0.2) is 0 Å². The van der Waals surface area contributed by atoms with Gasteiger partial charge >= 0.3 is 0 Å². The zero-order valence-electron chi connectivity index (χ0n) is 10.2. The van der Waals surface area contributed by atoms with Gasteiger partial charge in [0.05, 0.1) is 0 Å². The van der Waals surface area contributed by atoms with E-state index in [1.165, 1.54) is 10.4 Å². The summed E-state index contributed by atoms with van der Waals surface area (Å²) in [6.07, 6.45) is 8.56. The van der Waals surface area contributed by atoms with E-state index < -0.39 is 0 Å². The minimum Gasteiger partial charge on any atom is -0.0911 e. The van der Waals surface area contributed by atoms with Crippen molar-refractivity contribution >= 4 is 37.5 Å². The fraction of sp³-hybridized carbons (Fsp3) is 0. The number of hydrogen-bond donors (Lipinski definition) is 0. The molecular weight excluding hydrogens is 216 g/mol. The lowest BCUT2D eigenvalue weighted by atomic mass is 10.1. The van der Waals surface area contributed by atoms with E-state index in [4.69, 9.17) is 0 Å². The summed E-state index contributed by atoms with van der Waals surface area (Å²) in [7, 11) is 0. The average Bonchev–Trinajstić information content (AvgIpc) is 2.36. The van der Waals surface area contributed by atoms with E-state index in [1.807, 2.05) is 12.1 Å². The number of benzene rings is 2. The van der Waals surface area contributed by atoms with Crippen LogP contribution in [0.4, 0.5) is 0 Å². The highest BCUT2D eigenvalue weighted by atomic mass is 14.0. The zero-order chi connectivity index (χ0) is 12.5. The molecule has 0 atom stereocenters. The third-order valence-corrected chi connectivity index (χ3v) is 3.32. The molecule has 0 aliphatic heterocycles. The highest BCUT2D eigenvalue weighted by Gasteiger charge is 1.91. The molecule has 1 aliphatic rings. The fourth-order valence-electron chi connectivity index (χ4n) is 2.28. The SMILES string of the molecule is C=c1ccc(=C)c2c1=CC=c1ccccc1=CC=2. The van der Waals surface area contributed by atoms with Crippen molar-refractivity contribution in [2.75, 3.05) is 0 Å². The van der Waals surface area contributed by atoms with Crippen molar-refractivity contribution in [1.82, 2.24) is 0 Å². The van der Waals surface area contributed by atoms with Crippen LogP contribution < -0.4 is 31.3 Å². The molecule has 2 aromatic carbocycles. The third-order valence-electron chi connectivity index (χ3n) is 3.32. The molecule has 0 unspecified atom stereocenters. The summed E-state index contributed by atoms with van der Waals surface area (Å²) in [6, 6.07) is 12.4. The molecule has 0 saturated carbocycles. The van der Waals surface area contributed by atoms with Gasteiger partial charge in [-0.15, -0.1) is 0 Å². The second-order valence-electron chi connectivity index (χ2n) is 4.51. The zero-order valence-corrected chi connectivity index (χ0v) is 10.2. The normalized spacial score (nSPS) is 12.4. The molecular formula is C18H14. The Morgan fingerprint density at radius 2 is 1.00 bits per heavy atom.